The number of fused-ring (bicyclic) bond motifs is 2. The fraction of sp³-hybridized carbons (Fsp3) is 0.520. The first-order chi connectivity index (χ1) is 21.7. The second-order valence-corrected chi connectivity index (χ2v) is 14.2. The first-order valence-corrected chi connectivity index (χ1v) is 17.3. The van der Waals surface area contributed by atoms with E-state index in [1.54, 1.807) is 27.4 Å². The van der Waals surface area contributed by atoms with E-state index in [1.807, 2.05) is 13.8 Å². The molecule has 1 amide bonds. The minimum atomic E-state index is -4.75. The Labute approximate surface area is 261 Å². The number of benzene rings is 1. The largest absolute Gasteiger partial charge is 0.472 e. The molecule has 1 aliphatic carbocycles. The van der Waals surface area contributed by atoms with Crippen molar-refractivity contribution in [3.8, 4) is 0 Å². The lowest BCUT2D eigenvalue weighted by Crippen LogP contribution is -2.43. The molecule has 3 aromatic heterocycles. The predicted octanol–water partition coefficient (Wildman–Crippen LogP) is 1.54. The zero-order chi connectivity index (χ0) is 33.0. The highest BCUT2D eigenvalue weighted by Crippen LogP contribution is 2.52. The number of rotatable bonds is 12. The molecule has 4 aromatic rings. The number of anilines is 1. The zero-order valence-corrected chi connectivity index (χ0v) is 26.4. The van der Waals surface area contributed by atoms with Crippen molar-refractivity contribution in [3.63, 3.8) is 0 Å². The van der Waals surface area contributed by atoms with Crippen molar-refractivity contribution in [2.24, 2.45) is 29.4 Å². The minimum Gasteiger partial charge on any atom is -0.382 e. The molecule has 2 aliphatic rings. The van der Waals surface area contributed by atoms with Gasteiger partial charge >= 0.3 is 15.6 Å². The van der Waals surface area contributed by atoms with E-state index in [2.05, 4.69) is 25.3 Å². The smallest absolute Gasteiger partial charge is 0.382 e. The summed E-state index contributed by atoms with van der Waals surface area (Å²) in [5, 5.41) is 8.30. The van der Waals surface area contributed by atoms with Gasteiger partial charge in [-0.15, -0.1) is 5.10 Å². The number of primary amides is 1. The number of nitrogens with two attached hydrogens (primary N) is 2. The molecule has 19 nitrogen and oxygen atoms in total. The van der Waals surface area contributed by atoms with E-state index in [4.69, 9.17) is 29.8 Å². The molecule has 248 valence electrons. The van der Waals surface area contributed by atoms with Crippen LogP contribution >= 0.6 is 15.6 Å². The number of nitrogens with zero attached hydrogens (tertiary/aromatic N) is 7. The number of carbonyl (C=O) groups excluding carboxylic acids is 1. The number of ether oxygens (including phenoxy) is 1. The fourth-order valence-electron chi connectivity index (χ4n) is 6.07. The van der Waals surface area contributed by atoms with Gasteiger partial charge in [0.05, 0.1) is 43.3 Å². The molecule has 1 saturated heterocycles. The highest BCUT2D eigenvalue weighted by Gasteiger charge is 2.46. The first kappa shape index (κ1) is 32.6. The van der Waals surface area contributed by atoms with Gasteiger partial charge in [-0.25, -0.2) is 28.8 Å². The Morgan fingerprint density at radius 3 is 2.54 bits per heavy atom. The highest BCUT2D eigenvalue weighted by atomic mass is 31.2. The van der Waals surface area contributed by atoms with Crippen LogP contribution in [0.1, 0.15) is 42.9 Å². The van der Waals surface area contributed by atoms with Gasteiger partial charge in [0.25, 0.3) is 5.91 Å². The number of carbonyl (C=O) groups is 1. The van der Waals surface area contributed by atoms with Crippen LogP contribution in [-0.2, 0) is 27.4 Å². The van der Waals surface area contributed by atoms with Crippen molar-refractivity contribution >= 4 is 49.6 Å². The highest BCUT2D eigenvalue weighted by molar-refractivity contribution is 7.47. The summed E-state index contributed by atoms with van der Waals surface area (Å²) >= 11 is 0. The molecule has 0 radical (unpaired) electrons. The molecule has 1 saturated carbocycles. The molecule has 0 spiro atoms. The van der Waals surface area contributed by atoms with Crippen molar-refractivity contribution < 1.29 is 46.9 Å². The molecule has 4 heterocycles. The molecule has 2 fully saturated rings. The van der Waals surface area contributed by atoms with Crippen LogP contribution in [0.4, 0.5) is 5.82 Å². The number of nitrogen functional groups attached to an aromatic ring is 1. The lowest BCUT2D eigenvalue weighted by molar-refractivity contribution is -0.0446. The number of hydrogen-bond acceptors (Lipinski definition) is 13. The van der Waals surface area contributed by atoms with Gasteiger partial charge in [0, 0.05) is 17.9 Å². The summed E-state index contributed by atoms with van der Waals surface area (Å²) in [6, 6.07) is 4.60. The third-order valence-electron chi connectivity index (χ3n) is 8.87. The summed E-state index contributed by atoms with van der Waals surface area (Å²) in [4.78, 5) is 53.3. The van der Waals surface area contributed by atoms with Gasteiger partial charge in [0.15, 0.2) is 17.7 Å². The molecule has 7 N–H and O–H groups in total. The van der Waals surface area contributed by atoms with E-state index in [0.29, 0.717) is 28.6 Å². The summed E-state index contributed by atoms with van der Waals surface area (Å²) in [7, 11) is -9.38. The number of phosphoric ester groups is 2. The number of phosphoric acid groups is 2. The zero-order valence-electron chi connectivity index (χ0n) is 24.6. The molecule has 6 rings (SSSR count). The van der Waals surface area contributed by atoms with Crippen LogP contribution in [0.2, 0.25) is 0 Å². The third-order valence-corrected chi connectivity index (χ3v) is 10.3. The van der Waals surface area contributed by atoms with Crippen molar-refractivity contribution in [1.82, 2.24) is 34.5 Å². The molecule has 1 unspecified atom stereocenters. The Hall–Kier alpha value is -3.38. The van der Waals surface area contributed by atoms with Crippen molar-refractivity contribution in [3.05, 3.63) is 36.4 Å². The van der Waals surface area contributed by atoms with Gasteiger partial charge in [-0.3, -0.25) is 18.4 Å². The number of hydrogen-bond donors (Lipinski definition) is 5. The number of aromatic nitrogens is 7. The topological polar surface area (TPSA) is 275 Å². The lowest BCUT2D eigenvalue weighted by Gasteiger charge is -2.45. The van der Waals surface area contributed by atoms with Gasteiger partial charge in [-0.05, 0) is 30.4 Å². The molecule has 1 aliphatic heterocycles. The number of imidazole rings is 1. The maximum absolute atomic E-state index is 13.0. The molecule has 8 atom stereocenters. The van der Waals surface area contributed by atoms with Crippen LogP contribution in [0.3, 0.4) is 0 Å². The van der Waals surface area contributed by atoms with Gasteiger partial charge in [0.1, 0.15) is 17.4 Å². The Balaban J connectivity index is 1.12. The monoisotopic (exact) mass is 681 g/mol. The first-order valence-electron chi connectivity index (χ1n) is 14.3. The number of amides is 1. The fourth-order valence-corrected chi connectivity index (χ4v) is 7.23. The van der Waals surface area contributed by atoms with Gasteiger partial charge in [0.2, 0.25) is 0 Å². The van der Waals surface area contributed by atoms with E-state index >= 15 is 0 Å². The summed E-state index contributed by atoms with van der Waals surface area (Å²) < 4.78 is 49.3. The standard InChI is InChI=1S/C25H33N9O10P2/c1-12-13(2)25(34-17-5-3-4-15(23(27)35)20(17)31-32-34)44-19(12)9-43-46(39,40)42-8-16-14(7-41-45(36,37)38)6-18(16)33-11-30-21-22(26)28-10-29-24(21)33/h3-5,10-14,16,18-19,25H,6-9H2,1-2H3,(H2,27,35)(H,39,40)(H2,26,28,29)(H2,36,37,38)/t12-,13+,14+,16+,18+,19+,25+/m0/s1. The van der Waals surface area contributed by atoms with E-state index in [9.17, 15) is 28.6 Å². The second kappa shape index (κ2) is 12.3. The van der Waals surface area contributed by atoms with Crippen molar-refractivity contribution in [1.29, 1.82) is 0 Å². The average molecular weight is 682 g/mol. The normalized spacial score (nSPS) is 28.0. The van der Waals surface area contributed by atoms with Gasteiger partial charge in [-0.2, -0.15) is 0 Å². The van der Waals surface area contributed by atoms with E-state index < -0.39 is 45.7 Å². The van der Waals surface area contributed by atoms with E-state index in [0.717, 1.165) is 0 Å². The molecule has 0 bridgehead atoms. The minimum absolute atomic E-state index is 0.122. The summed E-state index contributed by atoms with van der Waals surface area (Å²) in [6.07, 6.45) is 1.96. The van der Waals surface area contributed by atoms with Crippen LogP contribution in [0.5, 0.6) is 0 Å². The van der Waals surface area contributed by atoms with Crippen LogP contribution in [0, 0.1) is 23.7 Å². The van der Waals surface area contributed by atoms with E-state index in [-0.39, 0.29) is 49.1 Å². The average Bonchev–Trinajstić information content (AvgIpc) is 3.67. The molecular weight excluding hydrogens is 648 g/mol. The van der Waals surface area contributed by atoms with Gasteiger partial charge in [-0.1, -0.05) is 25.1 Å². The predicted molar refractivity (Wildman–Crippen MR) is 158 cm³/mol. The Bertz CT molecular complexity index is 1860. The third kappa shape index (κ3) is 6.30. The SMILES string of the molecule is C[C@@H]1[C@H](C)[C@@H](COP(=O)(O)OC[C@@H]2[C@@H](COP(=O)(O)O)C[C@H]2n2cnc3c(N)ncnc32)O[C@H]1n1nnc2c(C(N)=O)cccc21. The van der Waals surface area contributed by atoms with E-state index in [1.165, 1.54) is 12.7 Å². The summed E-state index contributed by atoms with van der Waals surface area (Å²) in [5.74, 6) is -1.68. The summed E-state index contributed by atoms with van der Waals surface area (Å²) in [5.41, 5.74) is 13.3. The van der Waals surface area contributed by atoms with Crippen molar-refractivity contribution in [2.75, 3.05) is 25.6 Å². The molecule has 1 aromatic carbocycles. The Kier molecular flexibility index (Phi) is 8.73. The van der Waals surface area contributed by atoms with Crippen LogP contribution in [-0.4, -0.2) is 81.0 Å². The summed E-state index contributed by atoms with van der Waals surface area (Å²) in [6.45, 7) is 2.95. The van der Waals surface area contributed by atoms with Crippen molar-refractivity contribution in [2.45, 2.75) is 38.6 Å². The maximum Gasteiger partial charge on any atom is 0.472 e. The second-order valence-electron chi connectivity index (χ2n) is 11.5. The van der Waals surface area contributed by atoms with Crippen LogP contribution in [0.25, 0.3) is 22.2 Å². The lowest BCUT2D eigenvalue weighted by atomic mass is 9.70. The Morgan fingerprint density at radius 1 is 1.04 bits per heavy atom. The van der Waals surface area contributed by atoms with Crippen LogP contribution in [0.15, 0.2) is 30.9 Å². The maximum atomic E-state index is 13.0. The van der Waals surface area contributed by atoms with Gasteiger partial charge < -0.3 is 35.5 Å². The quantitative estimate of drug-likeness (QED) is 0.133. The molecule has 46 heavy (non-hydrogen) atoms. The Morgan fingerprint density at radius 2 is 1.80 bits per heavy atom. The molecule has 21 heteroatoms. The van der Waals surface area contributed by atoms with Crippen LogP contribution < -0.4 is 11.5 Å². The molecular formula is C25H33N9O10P2.